The van der Waals surface area contributed by atoms with Gasteiger partial charge in [0.25, 0.3) is 11.1 Å². The monoisotopic (exact) mass is 433 g/mol. The van der Waals surface area contributed by atoms with Gasteiger partial charge in [-0.25, -0.2) is 0 Å². The maximum Gasteiger partial charge on any atom is 0.293 e. The molecular formula is C19H16BrNO4S. The Morgan fingerprint density at radius 2 is 1.92 bits per heavy atom. The third-order valence-electron chi connectivity index (χ3n) is 3.71. The zero-order valence-corrected chi connectivity index (χ0v) is 16.3. The predicted molar refractivity (Wildman–Crippen MR) is 105 cm³/mol. The van der Waals surface area contributed by atoms with Crippen molar-refractivity contribution in [2.24, 2.45) is 0 Å². The first-order valence-electron chi connectivity index (χ1n) is 7.93. The molecule has 1 aliphatic heterocycles. The first-order chi connectivity index (χ1) is 12.5. The molecule has 0 bridgehead atoms. The summed E-state index contributed by atoms with van der Waals surface area (Å²) in [7, 11) is 0. The van der Waals surface area contributed by atoms with Gasteiger partial charge in [0.15, 0.2) is 11.5 Å². The number of rotatable bonds is 5. The average molecular weight is 434 g/mol. The van der Waals surface area contributed by atoms with Crippen molar-refractivity contribution in [2.45, 2.75) is 13.5 Å². The van der Waals surface area contributed by atoms with Crippen molar-refractivity contribution in [3.8, 4) is 11.5 Å². The summed E-state index contributed by atoms with van der Waals surface area (Å²) >= 11 is 4.27. The Hall–Kier alpha value is -2.25. The van der Waals surface area contributed by atoms with Gasteiger partial charge in [-0.2, -0.15) is 0 Å². The predicted octanol–water partition coefficient (Wildman–Crippen LogP) is 4.79. The largest absolute Gasteiger partial charge is 0.504 e. The van der Waals surface area contributed by atoms with E-state index >= 15 is 0 Å². The third-order valence-corrected chi connectivity index (χ3v) is 5.15. The molecule has 26 heavy (non-hydrogen) atoms. The summed E-state index contributed by atoms with van der Waals surface area (Å²) in [6.45, 7) is 2.47. The van der Waals surface area contributed by atoms with Crippen molar-refractivity contribution in [2.75, 3.05) is 6.61 Å². The number of phenolic OH excluding ortho intramolecular Hbond substituents is 1. The molecular weight excluding hydrogens is 418 g/mol. The highest BCUT2D eigenvalue weighted by molar-refractivity contribution is 9.10. The van der Waals surface area contributed by atoms with E-state index < -0.39 is 0 Å². The zero-order chi connectivity index (χ0) is 18.7. The Bertz CT molecular complexity index is 880. The van der Waals surface area contributed by atoms with Crippen LogP contribution in [0.15, 0.2) is 51.8 Å². The van der Waals surface area contributed by atoms with E-state index in [1.165, 1.54) is 11.0 Å². The smallest absolute Gasteiger partial charge is 0.293 e. The Kier molecular flexibility index (Phi) is 5.68. The summed E-state index contributed by atoms with van der Waals surface area (Å²) in [4.78, 5) is 26.4. The van der Waals surface area contributed by atoms with E-state index in [1.807, 2.05) is 31.2 Å². The van der Waals surface area contributed by atoms with E-state index in [9.17, 15) is 14.7 Å². The number of hydrogen-bond donors (Lipinski definition) is 1. The molecule has 3 rings (SSSR count). The van der Waals surface area contributed by atoms with Crippen molar-refractivity contribution in [1.82, 2.24) is 4.90 Å². The van der Waals surface area contributed by atoms with Gasteiger partial charge in [-0.3, -0.25) is 14.5 Å². The number of carbonyl (C=O) groups excluding carboxylic acids is 2. The molecule has 0 radical (unpaired) electrons. The Labute approximate surface area is 163 Å². The fourth-order valence-corrected chi connectivity index (χ4v) is 3.55. The number of nitrogens with zero attached hydrogens (tertiary/aromatic N) is 1. The summed E-state index contributed by atoms with van der Waals surface area (Å²) in [5.74, 6) is 0.0524. The molecule has 2 amide bonds. The number of imide groups is 1. The van der Waals surface area contributed by atoms with Gasteiger partial charge >= 0.3 is 0 Å². The minimum absolute atomic E-state index is 0.0346. The summed E-state index contributed by atoms with van der Waals surface area (Å²) < 4.78 is 6.29. The Balaban J connectivity index is 1.80. The van der Waals surface area contributed by atoms with Crippen molar-refractivity contribution < 1.29 is 19.4 Å². The molecule has 0 atom stereocenters. The molecule has 1 saturated heterocycles. The van der Waals surface area contributed by atoms with Crippen LogP contribution in [-0.2, 0) is 11.3 Å². The minimum atomic E-state index is -0.325. The Morgan fingerprint density at radius 1 is 1.19 bits per heavy atom. The van der Waals surface area contributed by atoms with Crippen LogP contribution in [0.4, 0.5) is 4.79 Å². The lowest BCUT2D eigenvalue weighted by Gasteiger charge is -2.12. The second kappa shape index (κ2) is 7.97. The summed E-state index contributed by atoms with van der Waals surface area (Å²) in [6.07, 6.45) is 1.63. The first kappa shape index (κ1) is 18.5. The van der Waals surface area contributed by atoms with E-state index in [0.29, 0.717) is 22.8 Å². The number of phenols is 1. The minimum Gasteiger partial charge on any atom is -0.504 e. The molecule has 2 aromatic carbocycles. The first-order valence-corrected chi connectivity index (χ1v) is 9.54. The number of thioether (sulfide) groups is 1. The number of amides is 2. The number of benzene rings is 2. The molecule has 1 fully saturated rings. The number of hydrogen-bond acceptors (Lipinski definition) is 5. The molecule has 2 aromatic rings. The Morgan fingerprint density at radius 3 is 2.62 bits per heavy atom. The molecule has 5 nitrogen and oxygen atoms in total. The van der Waals surface area contributed by atoms with E-state index in [-0.39, 0.29) is 23.4 Å². The second-order valence-corrected chi connectivity index (χ2v) is 7.46. The van der Waals surface area contributed by atoms with Crippen molar-refractivity contribution in [3.05, 3.63) is 63.0 Å². The highest BCUT2D eigenvalue weighted by Crippen LogP contribution is 2.35. The van der Waals surface area contributed by atoms with Gasteiger partial charge in [0, 0.05) is 4.47 Å². The fourth-order valence-electron chi connectivity index (χ4n) is 2.45. The number of ether oxygens (including phenoxy) is 1. The maximum atomic E-state index is 12.6. The maximum absolute atomic E-state index is 12.6. The lowest BCUT2D eigenvalue weighted by atomic mass is 10.1. The van der Waals surface area contributed by atoms with Crippen LogP contribution >= 0.6 is 27.7 Å². The summed E-state index contributed by atoms with van der Waals surface area (Å²) in [6, 6.07) is 12.3. The van der Waals surface area contributed by atoms with Gasteiger partial charge in [0.05, 0.1) is 18.1 Å². The van der Waals surface area contributed by atoms with Crippen LogP contribution in [0.2, 0.25) is 0 Å². The highest BCUT2D eigenvalue weighted by Gasteiger charge is 2.35. The van der Waals surface area contributed by atoms with Crippen LogP contribution in [-0.4, -0.2) is 27.8 Å². The quantitative estimate of drug-likeness (QED) is 0.686. The van der Waals surface area contributed by atoms with Crippen LogP contribution in [0.25, 0.3) is 6.08 Å². The molecule has 0 saturated carbocycles. The summed E-state index contributed by atoms with van der Waals surface area (Å²) in [5.41, 5.74) is 1.56. The molecule has 0 unspecified atom stereocenters. The second-order valence-electron chi connectivity index (χ2n) is 5.55. The molecule has 1 N–H and O–H groups in total. The third kappa shape index (κ3) is 4.11. The van der Waals surface area contributed by atoms with Gasteiger partial charge in [0.2, 0.25) is 0 Å². The van der Waals surface area contributed by atoms with Crippen LogP contribution in [0, 0.1) is 0 Å². The van der Waals surface area contributed by atoms with Gasteiger partial charge in [-0.1, -0.05) is 34.1 Å². The normalized spacial score (nSPS) is 15.8. The standard InChI is InChI=1S/C19H16BrNO4S/c1-2-25-16-9-13(5-8-15(16)22)10-17-18(23)21(19(24)26-17)11-12-3-6-14(20)7-4-12/h3-10,22H,2,11H2,1H3/b17-10+. The van der Waals surface area contributed by atoms with Crippen LogP contribution in [0.5, 0.6) is 11.5 Å². The zero-order valence-electron chi connectivity index (χ0n) is 13.9. The van der Waals surface area contributed by atoms with Crippen molar-refractivity contribution in [1.29, 1.82) is 0 Å². The lowest BCUT2D eigenvalue weighted by molar-refractivity contribution is -0.123. The number of halogens is 1. The van der Waals surface area contributed by atoms with Crippen molar-refractivity contribution in [3.63, 3.8) is 0 Å². The molecule has 134 valence electrons. The van der Waals surface area contributed by atoms with E-state index in [4.69, 9.17) is 4.74 Å². The molecule has 0 aromatic heterocycles. The molecule has 0 spiro atoms. The van der Waals surface area contributed by atoms with Gasteiger partial charge in [-0.15, -0.1) is 0 Å². The highest BCUT2D eigenvalue weighted by atomic mass is 79.9. The van der Waals surface area contributed by atoms with Gasteiger partial charge in [0.1, 0.15) is 0 Å². The fraction of sp³-hybridized carbons (Fsp3) is 0.158. The van der Waals surface area contributed by atoms with Crippen LogP contribution < -0.4 is 4.74 Å². The number of aromatic hydroxyl groups is 1. The molecule has 1 aliphatic rings. The van der Waals surface area contributed by atoms with Crippen molar-refractivity contribution >= 4 is 44.9 Å². The van der Waals surface area contributed by atoms with Crippen LogP contribution in [0.1, 0.15) is 18.1 Å². The van der Waals surface area contributed by atoms with E-state index in [0.717, 1.165) is 21.8 Å². The number of carbonyl (C=O) groups is 2. The van der Waals surface area contributed by atoms with Gasteiger partial charge < -0.3 is 9.84 Å². The van der Waals surface area contributed by atoms with E-state index in [1.54, 1.807) is 18.2 Å². The molecule has 0 aliphatic carbocycles. The average Bonchev–Trinajstić information content (AvgIpc) is 2.87. The van der Waals surface area contributed by atoms with Crippen LogP contribution in [0.3, 0.4) is 0 Å². The molecule has 1 heterocycles. The molecule has 7 heteroatoms. The SMILES string of the molecule is CCOc1cc(/C=C2/SC(=O)N(Cc3ccc(Br)cc3)C2=O)ccc1O. The van der Waals surface area contributed by atoms with E-state index in [2.05, 4.69) is 15.9 Å². The topological polar surface area (TPSA) is 66.8 Å². The lowest BCUT2D eigenvalue weighted by Crippen LogP contribution is -2.27. The summed E-state index contributed by atoms with van der Waals surface area (Å²) in [5, 5.41) is 9.46. The van der Waals surface area contributed by atoms with Gasteiger partial charge in [-0.05, 0) is 60.2 Å².